The first kappa shape index (κ1) is 10.1. The highest BCUT2D eigenvalue weighted by Crippen LogP contribution is 2.40. The number of carbonyl (C=O) groups is 1. The number of aromatic nitrogens is 4. The highest BCUT2D eigenvalue weighted by molar-refractivity contribution is 5.77. The van der Waals surface area contributed by atoms with E-state index in [1.54, 1.807) is 0 Å². The first-order valence-corrected chi connectivity index (χ1v) is 5.10. The van der Waals surface area contributed by atoms with Crippen molar-refractivity contribution in [1.82, 2.24) is 20.2 Å². The van der Waals surface area contributed by atoms with Gasteiger partial charge in [0.1, 0.15) is 0 Å². The molecule has 0 unspecified atom stereocenters. The molecule has 2 rings (SSSR count). The van der Waals surface area contributed by atoms with Crippen LogP contribution in [0.15, 0.2) is 0 Å². The molecular formula is C9H14N4O2. The zero-order valence-electron chi connectivity index (χ0n) is 8.84. The monoisotopic (exact) mass is 210 g/mol. The minimum Gasteiger partial charge on any atom is -0.479 e. The molecule has 0 aromatic carbocycles. The lowest BCUT2D eigenvalue weighted by Gasteiger charge is -2.37. The molecule has 15 heavy (non-hydrogen) atoms. The number of hydrogen-bond acceptors (Lipinski definition) is 4. The van der Waals surface area contributed by atoms with Gasteiger partial charge >= 0.3 is 5.97 Å². The number of nitrogens with zero attached hydrogens (tertiary/aromatic N) is 4. The van der Waals surface area contributed by atoms with Gasteiger partial charge in [-0.3, -0.25) is 0 Å². The Balaban J connectivity index is 2.43. The van der Waals surface area contributed by atoms with Gasteiger partial charge in [0.15, 0.2) is 11.4 Å². The number of hydrogen-bond donors (Lipinski definition) is 1. The van der Waals surface area contributed by atoms with Crippen molar-refractivity contribution in [2.75, 3.05) is 0 Å². The quantitative estimate of drug-likeness (QED) is 0.796. The third-order valence-electron chi connectivity index (χ3n) is 2.99. The molecule has 6 heteroatoms. The van der Waals surface area contributed by atoms with E-state index in [9.17, 15) is 9.90 Å². The fourth-order valence-electron chi connectivity index (χ4n) is 1.89. The largest absolute Gasteiger partial charge is 0.479 e. The highest BCUT2D eigenvalue weighted by atomic mass is 16.4. The summed E-state index contributed by atoms with van der Waals surface area (Å²) in [5, 5.41) is 20.5. The van der Waals surface area contributed by atoms with Crippen LogP contribution in [-0.4, -0.2) is 31.3 Å². The van der Waals surface area contributed by atoms with E-state index in [0.29, 0.717) is 18.7 Å². The van der Waals surface area contributed by atoms with Crippen molar-refractivity contribution in [2.24, 2.45) is 0 Å². The molecule has 0 spiro atoms. The number of carboxylic acids is 1. The zero-order chi connectivity index (χ0) is 11.1. The molecule has 1 aromatic rings. The van der Waals surface area contributed by atoms with Crippen LogP contribution in [-0.2, 0) is 10.3 Å². The topological polar surface area (TPSA) is 80.9 Å². The normalized spacial score (nSPS) is 18.9. The van der Waals surface area contributed by atoms with E-state index in [1.165, 1.54) is 4.68 Å². The fraction of sp³-hybridized carbons (Fsp3) is 0.778. The van der Waals surface area contributed by atoms with Crippen LogP contribution < -0.4 is 0 Å². The van der Waals surface area contributed by atoms with Crippen LogP contribution in [0.5, 0.6) is 0 Å². The maximum absolute atomic E-state index is 11.3. The summed E-state index contributed by atoms with van der Waals surface area (Å²) < 4.78 is 1.49. The highest BCUT2D eigenvalue weighted by Gasteiger charge is 2.49. The van der Waals surface area contributed by atoms with Crippen LogP contribution in [0.25, 0.3) is 0 Å². The summed E-state index contributed by atoms with van der Waals surface area (Å²) in [6, 6.07) is 0. The Morgan fingerprint density at radius 3 is 2.60 bits per heavy atom. The molecule has 1 fully saturated rings. The van der Waals surface area contributed by atoms with Gasteiger partial charge in [0.25, 0.3) is 0 Å². The predicted octanol–water partition coefficient (Wildman–Crippen LogP) is 0.760. The third kappa shape index (κ3) is 1.32. The molecule has 1 saturated carbocycles. The smallest absolute Gasteiger partial charge is 0.331 e. The van der Waals surface area contributed by atoms with Crippen LogP contribution in [0.3, 0.4) is 0 Å². The Hall–Kier alpha value is -1.46. The van der Waals surface area contributed by atoms with Gasteiger partial charge in [-0.05, 0) is 29.7 Å². The number of carboxylic acid groups (broad SMARTS) is 1. The molecule has 0 bridgehead atoms. The summed E-state index contributed by atoms with van der Waals surface area (Å²) in [5.74, 6) is -0.0446. The van der Waals surface area contributed by atoms with E-state index < -0.39 is 11.5 Å². The van der Waals surface area contributed by atoms with Gasteiger partial charge in [-0.15, -0.1) is 5.10 Å². The van der Waals surface area contributed by atoms with Crippen molar-refractivity contribution in [3.05, 3.63) is 5.82 Å². The molecule has 82 valence electrons. The van der Waals surface area contributed by atoms with Crippen molar-refractivity contribution in [3.8, 4) is 0 Å². The van der Waals surface area contributed by atoms with Gasteiger partial charge in [0, 0.05) is 5.92 Å². The zero-order valence-corrected chi connectivity index (χ0v) is 8.84. The number of tetrazole rings is 1. The number of rotatable bonds is 3. The van der Waals surface area contributed by atoms with E-state index in [-0.39, 0.29) is 5.92 Å². The molecule has 0 saturated heterocycles. The van der Waals surface area contributed by atoms with Crippen LogP contribution in [0.4, 0.5) is 0 Å². The van der Waals surface area contributed by atoms with Gasteiger partial charge in [-0.1, -0.05) is 13.8 Å². The van der Waals surface area contributed by atoms with Gasteiger partial charge in [-0.2, -0.15) is 0 Å². The summed E-state index contributed by atoms with van der Waals surface area (Å²) >= 11 is 0. The minimum atomic E-state index is -0.886. The van der Waals surface area contributed by atoms with E-state index in [1.807, 2.05) is 13.8 Å². The summed E-state index contributed by atoms with van der Waals surface area (Å²) in [4.78, 5) is 11.3. The van der Waals surface area contributed by atoms with Crippen LogP contribution in [0, 0.1) is 0 Å². The summed E-state index contributed by atoms with van der Waals surface area (Å²) in [5.41, 5.74) is -0.886. The molecular weight excluding hydrogens is 196 g/mol. The van der Waals surface area contributed by atoms with Crippen molar-refractivity contribution >= 4 is 5.97 Å². The summed E-state index contributed by atoms with van der Waals surface area (Å²) in [6.45, 7) is 3.91. The standard InChI is InChI=1S/C9H14N4O2/c1-6(2)7-10-11-12-13(7)9(8(14)15)4-3-5-9/h6H,3-5H2,1-2H3,(H,14,15). The average molecular weight is 210 g/mol. The summed E-state index contributed by atoms with van der Waals surface area (Å²) in [6.07, 6.45) is 2.16. The molecule has 1 heterocycles. The lowest BCUT2D eigenvalue weighted by molar-refractivity contribution is -0.153. The van der Waals surface area contributed by atoms with Gasteiger partial charge in [0.2, 0.25) is 0 Å². The summed E-state index contributed by atoms with van der Waals surface area (Å²) in [7, 11) is 0. The van der Waals surface area contributed by atoms with Crippen LogP contribution >= 0.6 is 0 Å². The second kappa shape index (κ2) is 3.29. The first-order valence-electron chi connectivity index (χ1n) is 5.10. The Labute approximate surface area is 87.3 Å². The third-order valence-corrected chi connectivity index (χ3v) is 2.99. The Morgan fingerprint density at radius 2 is 2.20 bits per heavy atom. The maximum Gasteiger partial charge on any atom is 0.331 e. The molecule has 1 aliphatic rings. The van der Waals surface area contributed by atoms with Crippen molar-refractivity contribution in [2.45, 2.75) is 44.6 Å². The lowest BCUT2D eigenvalue weighted by atomic mass is 9.76. The fourth-order valence-corrected chi connectivity index (χ4v) is 1.89. The van der Waals surface area contributed by atoms with E-state index in [2.05, 4.69) is 15.5 Å². The Morgan fingerprint density at radius 1 is 1.53 bits per heavy atom. The Kier molecular flexibility index (Phi) is 2.21. The molecule has 0 radical (unpaired) electrons. The molecule has 0 atom stereocenters. The molecule has 1 aromatic heterocycles. The lowest BCUT2D eigenvalue weighted by Crippen LogP contribution is -2.49. The minimum absolute atomic E-state index is 0.136. The van der Waals surface area contributed by atoms with Crippen molar-refractivity contribution < 1.29 is 9.90 Å². The first-order chi connectivity index (χ1) is 7.08. The van der Waals surface area contributed by atoms with Gasteiger partial charge < -0.3 is 5.11 Å². The van der Waals surface area contributed by atoms with E-state index >= 15 is 0 Å². The molecule has 0 amide bonds. The number of aliphatic carboxylic acids is 1. The molecule has 0 aliphatic heterocycles. The molecule has 6 nitrogen and oxygen atoms in total. The maximum atomic E-state index is 11.3. The van der Waals surface area contributed by atoms with Crippen molar-refractivity contribution in [3.63, 3.8) is 0 Å². The predicted molar refractivity (Wildman–Crippen MR) is 51.4 cm³/mol. The SMILES string of the molecule is CC(C)c1nnnn1C1(C(=O)O)CCC1. The Bertz CT molecular complexity index is 381. The van der Waals surface area contributed by atoms with Gasteiger partial charge in [0.05, 0.1) is 0 Å². The molecule has 1 N–H and O–H groups in total. The van der Waals surface area contributed by atoms with Gasteiger partial charge in [-0.25, -0.2) is 9.48 Å². The van der Waals surface area contributed by atoms with E-state index in [0.717, 1.165) is 6.42 Å². The second-order valence-electron chi connectivity index (χ2n) is 4.29. The van der Waals surface area contributed by atoms with Crippen LogP contribution in [0.2, 0.25) is 0 Å². The van der Waals surface area contributed by atoms with E-state index in [4.69, 9.17) is 0 Å². The van der Waals surface area contributed by atoms with Crippen LogP contribution in [0.1, 0.15) is 44.9 Å². The molecule has 1 aliphatic carbocycles. The second-order valence-corrected chi connectivity index (χ2v) is 4.29. The average Bonchev–Trinajstić information content (AvgIpc) is 2.49. The van der Waals surface area contributed by atoms with Crippen molar-refractivity contribution in [1.29, 1.82) is 0 Å².